The van der Waals surface area contributed by atoms with Crippen molar-refractivity contribution in [1.82, 2.24) is 15.2 Å². The van der Waals surface area contributed by atoms with E-state index in [1.807, 2.05) is 30.5 Å². The van der Waals surface area contributed by atoms with Gasteiger partial charge in [-0.05, 0) is 67.5 Å². The van der Waals surface area contributed by atoms with E-state index in [-0.39, 0.29) is 12.1 Å². The summed E-state index contributed by atoms with van der Waals surface area (Å²) in [5.74, 6) is 1.73. The number of aryl methyl sites for hydroxylation is 1. The van der Waals surface area contributed by atoms with Gasteiger partial charge >= 0.3 is 0 Å². The second kappa shape index (κ2) is 8.05. The van der Waals surface area contributed by atoms with Crippen molar-refractivity contribution >= 4 is 33.3 Å². The van der Waals surface area contributed by atoms with Gasteiger partial charge in [-0.2, -0.15) is 0 Å². The van der Waals surface area contributed by atoms with Crippen LogP contribution in [0.3, 0.4) is 0 Å². The topological polar surface area (TPSA) is 41.3 Å². The van der Waals surface area contributed by atoms with E-state index in [1.54, 1.807) is 0 Å². The molecule has 6 heteroatoms. The molecule has 28 heavy (non-hydrogen) atoms. The quantitative estimate of drug-likeness (QED) is 0.492. The first-order valence-corrected chi connectivity index (χ1v) is 10.6. The molecule has 1 saturated heterocycles. The number of halogens is 1. The fourth-order valence-corrected chi connectivity index (χ4v) is 4.69. The van der Waals surface area contributed by atoms with Crippen LogP contribution in [0.25, 0.3) is 11.3 Å². The van der Waals surface area contributed by atoms with Crippen LogP contribution in [-0.2, 0) is 0 Å². The number of benzene rings is 1. The summed E-state index contributed by atoms with van der Waals surface area (Å²) in [6.07, 6.45) is 2.82. The van der Waals surface area contributed by atoms with E-state index in [2.05, 4.69) is 69.2 Å². The third kappa shape index (κ3) is 3.59. The Kier molecular flexibility index (Phi) is 5.51. The number of hydrogen-bond donors (Lipinski definition) is 1. The molecule has 4 rings (SSSR count). The van der Waals surface area contributed by atoms with Crippen LogP contribution >= 0.6 is 28.1 Å². The molecule has 3 heterocycles. The van der Waals surface area contributed by atoms with Gasteiger partial charge in [0, 0.05) is 22.8 Å². The molecule has 0 radical (unpaired) electrons. The molecular weight excluding hydrogens is 434 g/mol. The van der Waals surface area contributed by atoms with Gasteiger partial charge in [0.05, 0.1) is 11.7 Å². The predicted molar refractivity (Wildman–Crippen MR) is 119 cm³/mol. The zero-order valence-corrected chi connectivity index (χ0v) is 18.3. The molecule has 0 spiro atoms. The van der Waals surface area contributed by atoms with E-state index in [0.29, 0.717) is 0 Å². The van der Waals surface area contributed by atoms with Crippen molar-refractivity contribution in [1.29, 1.82) is 0 Å². The second-order valence-electron chi connectivity index (χ2n) is 7.01. The second-order valence-corrected chi connectivity index (χ2v) is 8.25. The molecule has 0 aliphatic carbocycles. The summed E-state index contributed by atoms with van der Waals surface area (Å²) in [5.41, 5.74) is 3.21. The first-order valence-electron chi connectivity index (χ1n) is 9.43. The lowest BCUT2D eigenvalue weighted by Gasteiger charge is -2.25. The predicted octanol–water partition coefficient (Wildman–Crippen LogP) is 5.80. The average molecular weight is 456 g/mol. The molecule has 3 aromatic rings. The number of pyridine rings is 1. The van der Waals surface area contributed by atoms with E-state index in [4.69, 9.17) is 16.6 Å². The number of furan rings is 1. The monoisotopic (exact) mass is 455 g/mol. The zero-order valence-electron chi connectivity index (χ0n) is 15.9. The summed E-state index contributed by atoms with van der Waals surface area (Å²) in [7, 11) is 0. The van der Waals surface area contributed by atoms with Gasteiger partial charge in [0.15, 0.2) is 5.11 Å². The lowest BCUT2D eigenvalue weighted by molar-refractivity contribution is 0.275. The van der Waals surface area contributed by atoms with Crippen molar-refractivity contribution in [3.63, 3.8) is 0 Å². The molecular formula is C22H22BrN3OS. The Morgan fingerprint density at radius 1 is 1.21 bits per heavy atom. The summed E-state index contributed by atoms with van der Waals surface area (Å²) >= 11 is 9.29. The van der Waals surface area contributed by atoms with Gasteiger partial charge < -0.3 is 14.6 Å². The van der Waals surface area contributed by atoms with Crippen LogP contribution in [0, 0.1) is 6.92 Å². The van der Waals surface area contributed by atoms with Crippen molar-refractivity contribution in [2.24, 2.45) is 0 Å². The van der Waals surface area contributed by atoms with Crippen molar-refractivity contribution in [3.8, 4) is 11.3 Å². The molecule has 1 aliphatic rings. The minimum absolute atomic E-state index is 0.0275. The molecule has 0 bridgehead atoms. The molecule has 2 atom stereocenters. The van der Waals surface area contributed by atoms with Crippen LogP contribution in [-0.4, -0.2) is 21.5 Å². The Bertz CT molecular complexity index is 988. The first-order chi connectivity index (χ1) is 13.6. The van der Waals surface area contributed by atoms with E-state index in [9.17, 15) is 0 Å². The average Bonchev–Trinajstić information content (AvgIpc) is 3.28. The van der Waals surface area contributed by atoms with Gasteiger partial charge in [-0.15, -0.1) is 0 Å². The van der Waals surface area contributed by atoms with E-state index < -0.39 is 0 Å². The molecule has 1 aliphatic heterocycles. The Morgan fingerprint density at radius 3 is 2.79 bits per heavy atom. The summed E-state index contributed by atoms with van der Waals surface area (Å²) in [4.78, 5) is 6.77. The van der Waals surface area contributed by atoms with E-state index >= 15 is 0 Å². The lowest BCUT2D eigenvalue weighted by Crippen LogP contribution is -2.30. The molecule has 4 nitrogen and oxygen atoms in total. The number of hydrogen-bond acceptors (Lipinski definition) is 3. The first kappa shape index (κ1) is 19.2. The van der Waals surface area contributed by atoms with Gasteiger partial charge in [-0.1, -0.05) is 35.0 Å². The summed E-state index contributed by atoms with van der Waals surface area (Å²) < 4.78 is 7.38. The summed E-state index contributed by atoms with van der Waals surface area (Å²) in [6, 6.07) is 16.3. The molecule has 1 fully saturated rings. The molecule has 2 aromatic heterocycles. The van der Waals surface area contributed by atoms with Crippen LogP contribution in [0.15, 0.2) is 63.6 Å². The van der Waals surface area contributed by atoms with Crippen LogP contribution in [0.4, 0.5) is 0 Å². The zero-order chi connectivity index (χ0) is 19.7. The molecule has 144 valence electrons. The fourth-order valence-electron chi connectivity index (χ4n) is 3.67. The highest BCUT2D eigenvalue weighted by molar-refractivity contribution is 9.10. The highest BCUT2D eigenvalue weighted by Crippen LogP contribution is 2.41. The van der Waals surface area contributed by atoms with Crippen LogP contribution in [0.5, 0.6) is 0 Å². The third-order valence-corrected chi connectivity index (χ3v) is 5.98. The fraction of sp³-hybridized carbons (Fsp3) is 0.273. The van der Waals surface area contributed by atoms with E-state index in [1.165, 1.54) is 5.56 Å². The van der Waals surface area contributed by atoms with Crippen LogP contribution in [0.2, 0.25) is 0 Å². The minimum atomic E-state index is -0.0410. The Morgan fingerprint density at radius 2 is 2.07 bits per heavy atom. The summed E-state index contributed by atoms with van der Waals surface area (Å²) in [6.45, 7) is 5.10. The Labute approximate surface area is 179 Å². The van der Waals surface area contributed by atoms with Crippen LogP contribution < -0.4 is 5.32 Å². The number of thiocarbonyl (C=S) groups is 1. The highest BCUT2D eigenvalue weighted by atomic mass is 79.9. The van der Waals surface area contributed by atoms with Gasteiger partial charge in [0.1, 0.15) is 17.6 Å². The smallest absolute Gasteiger partial charge is 0.170 e. The van der Waals surface area contributed by atoms with Crippen LogP contribution in [0.1, 0.15) is 42.4 Å². The molecule has 0 unspecified atom stereocenters. The molecule has 0 amide bonds. The SMILES string of the molecule is CCCN1C(=S)N[C@H](c2ccccn2)[C@@H]1c1ccc(-c2ccc(C)cc2Br)o1. The number of aromatic nitrogens is 1. The normalized spacial score (nSPS) is 19.1. The summed E-state index contributed by atoms with van der Waals surface area (Å²) in [5, 5.41) is 4.19. The number of nitrogens with one attached hydrogen (secondary N) is 1. The molecule has 1 aromatic carbocycles. The van der Waals surface area contributed by atoms with Crippen molar-refractivity contribution < 1.29 is 4.42 Å². The van der Waals surface area contributed by atoms with Crippen molar-refractivity contribution in [3.05, 3.63) is 76.2 Å². The minimum Gasteiger partial charge on any atom is -0.459 e. The lowest BCUT2D eigenvalue weighted by atomic mass is 10.0. The van der Waals surface area contributed by atoms with Crippen molar-refractivity contribution in [2.75, 3.05) is 6.54 Å². The van der Waals surface area contributed by atoms with Gasteiger partial charge in [-0.3, -0.25) is 4.98 Å². The maximum Gasteiger partial charge on any atom is 0.170 e. The number of nitrogens with zero attached hydrogens (tertiary/aromatic N) is 2. The largest absolute Gasteiger partial charge is 0.459 e. The molecule has 1 N–H and O–H groups in total. The third-order valence-electron chi connectivity index (χ3n) is 4.97. The highest BCUT2D eigenvalue weighted by Gasteiger charge is 2.41. The van der Waals surface area contributed by atoms with Gasteiger partial charge in [0.2, 0.25) is 0 Å². The Balaban J connectivity index is 1.73. The number of rotatable bonds is 5. The van der Waals surface area contributed by atoms with E-state index in [0.717, 1.165) is 45.3 Å². The maximum absolute atomic E-state index is 6.35. The van der Waals surface area contributed by atoms with Gasteiger partial charge in [0.25, 0.3) is 0 Å². The molecule has 0 saturated carbocycles. The standard InChI is InChI=1S/C22H22BrN3OS/c1-3-12-26-21(20(25-22(26)28)17-6-4-5-11-24-17)19-10-9-18(27-19)15-8-7-14(2)13-16(15)23/h4-11,13,20-21H,3,12H2,1-2H3,(H,25,28)/t20-,21+/m1/s1. The maximum atomic E-state index is 6.35. The van der Waals surface area contributed by atoms with Gasteiger partial charge in [-0.25, -0.2) is 0 Å². The Hall–Kier alpha value is -2.18. The van der Waals surface area contributed by atoms with Crippen molar-refractivity contribution in [2.45, 2.75) is 32.4 Å².